The highest BCUT2D eigenvalue weighted by atomic mass is 16.5. The van der Waals surface area contributed by atoms with Crippen molar-refractivity contribution >= 4 is 0 Å². The van der Waals surface area contributed by atoms with Gasteiger partial charge in [0.15, 0.2) is 0 Å². The van der Waals surface area contributed by atoms with Gasteiger partial charge in [0.25, 0.3) is 0 Å². The van der Waals surface area contributed by atoms with Crippen molar-refractivity contribution < 1.29 is 9.84 Å². The fourth-order valence-corrected chi connectivity index (χ4v) is 2.63. The molecule has 1 aliphatic rings. The smallest absolute Gasteiger partial charge is 0.125 e. The minimum Gasteiger partial charge on any atom is -0.490 e. The maximum atomic E-state index is 9.82. The van der Waals surface area contributed by atoms with E-state index in [2.05, 4.69) is 6.92 Å². The Morgan fingerprint density at radius 1 is 1.22 bits per heavy atom. The van der Waals surface area contributed by atoms with Gasteiger partial charge in [-0.15, -0.1) is 0 Å². The molecule has 1 saturated carbocycles. The molecule has 2 heteroatoms. The fraction of sp³-hybridized carbons (Fsp3) is 0.625. The third kappa shape index (κ3) is 3.26. The summed E-state index contributed by atoms with van der Waals surface area (Å²) >= 11 is 0. The van der Waals surface area contributed by atoms with E-state index >= 15 is 0 Å². The molecule has 0 aliphatic heterocycles. The van der Waals surface area contributed by atoms with Crippen LogP contribution in [0.3, 0.4) is 0 Å². The zero-order valence-corrected chi connectivity index (χ0v) is 11.6. The second kappa shape index (κ2) is 5.75. The number of hydrogen-bond acceptors (Lipinski definition) is 2. The monoisotopic (exact) mass is 248 g/mol. The number of aliphatic hydroxyl groups is 1. The lowest BCUT2D eigenvalue weighted by Crippen LogP contribution is -2.23. The number of benzene rings is 1. The molecule has 0 aromatic heterocycles. The molecular weight excluding hydrogens is 224 g/mol. The van der Waals surface area contributed by atoms with E-state index in [1.807, 2.05) is 25.1 Å². The molecule has 1 aliphatic carbocycles. The maximum Gasteiger partial charge on any atom is 0.125 e. The average molecular weight is 248 g/mol. The number of rotatable bonds is 3. The Morgan fingerprint density at radius 3 is 2.50 bits per heavy atom. The van der Waals surface area contributed by atoms with Crippen molar-refractivity contribution in [2.24, 2.45) is 5.92 Å². The number of hydrogen-bond donors (Lipinski definition) is 1. The van der Waals surface area contributed by atoms with E-state index in [0.29, 0.717) is 6.10 Å². The van der Waals surface area contributed by atoms with E-state index in [1.165, 1.54) is 12.8 Å². The molecule has 1 atom stereocenters. The molecule has 0 heterocycles. The Hall–Kier alpha value is -1.02. The van der Waals surface area contributed by atoms with Gasteiger partial charge in [0.05, 0.1) is 12.2 Å². The molecule has 0 unspecified atom stereocenters. The van der Waals surface area contributed by atoms with E-state index in [-0.39, 0.29) is 0 Å². The number of aryl methyl sites for hydroxylation is 1. The van der Waals surface area contributed by atoms with Gasteiger partial charge in [-0.05, 0) is 57.6 Å². The van der Waals surface area contributed by atoms with Crippen LogP contribution in [0.15, 0.2) is 18.2 Å². The molecule has 1 aromatic rings. The lowest BCUT2D eigenvalue weighted by atomic mass is 9.89. The van der Waals surface area contributed by atoms with Crippen LogP contribution in [0.2, 0.25) is 0 Å². The summed E-state index contributed by atoms with van der Waals surface area (Å²) in [5.41, 5.74) is 2.07. The van der Waals surface area contributed by atoms with Gasteiger partial charge in [0, 0.05) is 5.56 Å². The Morgan fingerprint density at radius 2 is 1.89 bits per heavy atom. The molecule has 100 valence electrons. The largest absolute Gasteiger partial charge is 0.490 e. The average Bonchev–Trinajstić information content (AvgIpc) is 2.34. The van der Waals surface area contributed by atoms with Crippen LogP contribution in [0.5, 0.6) is 5.75 Å². The van der Waals surface area contributed by atoms with Crippen LogP contribution in [0.1, 0.15) is 56.8 Å². The molecule has 18 heavy (non-hydrogen) atoms. The molecule has 1 aromatic carbocycles. The van der Waals surface area contributed by atoms with E-state index in [4.69, 9.17) is 4.74 Å². The molecule has 1 N–H and O–H groups in total. The van der Waals surface area contributed by atoms with Gasteiger partial charge >= 0.3 is 0 Å². The van der Waals surface area contributed by atoms with E-state index < -0.39 is 6.10 Å². The van der Waals surface area contributed by atoms with E-state index in [0.717, 1.165) is 35.6 Å². The summed E-state index contributed by atoms with van der Waals surface area (Å²) in [6.07, 6.45) is 4.62. The zero-order valence-electron chi connectivity index (χ0n) is 11.6. The normalized spacial score (nSPS) is 25.8. The predicted octanol–water partition coefficient (Wildman–Crippen LogP) is 4.01. The Labute approximate surface area is 110 Å². The van der Waals surface area contributed by atoms with Gasteiger partial charge in [-0.2, -0.15) is 0 Å². The van der Waals surface area contributed by atoms with Crippen molar-refractivity contribution in [1.29, 1.82) is 0 Å². The minimum absolute atomic E-state index is 0.321. The summed E-state index contributed by atoms with van der Waals surface area (Å²) in [5.74, 6) is 1.69. The van der Waals surface area contributed by atoms with Crippen molar-refractivity contribution in [2.75, 3.05) is 0 Å². The standard InChI is InChI=1S/C16H24O2/c1-11-4-7-14(8-5-11)18-16-9-6-12(2)10-15(16)13(3)17/h6,9-11,13-14,17H,4-5,7-8H2,1-3H3/t11?,13-,14?/m0/s1. The van der Waals surface area contributed by atoms with Crippen LogP contribution in [-0.4, -0.2) is 11.2 Å². The first kappa shape index (κ1) is 13.4. The van der Waals surface area contributed by atoms with Crippen LogP contribution < -0.4 is 4.74 Å². The van der Waals surface area contributed by atoms with Gasteiger partial charge in [0.2, 0.25) is 0 Å². The molecular formula is C16H24O2. The molecule has 1 fully saturated rings. The Kier molecular flexibility index (Phi) is 4.28. The first-order valence-electron chi connectivity index (χ1n) is 7.01. The zero-order chi connectivity index (χ0) is 13.1. The van der Waals surface area contributed by atoms with Crippen LogP contribution in [-0.2, 0) is 0 Å². The van der Waals surface area contributed by atoms with E-state index in [1.54, 1.807) is 6.92 Å². The molecule has 2 rings (SSSR count). The molecule has 0 spiro atoms. The Bertz CT molecular complexity index is 390. The predicted molar refractivity (Wildman–Crippen MR) is 73.9 cm³/mol. The third-order valence-corrected chi connectivity index (χ3v) is 3.87. The van der Waals surface area contributed by atoms with Crippen molar-refractivity contribution in [3.05, 3.63) is 29.3 Å². The summed E-state index contributed by atoms with van der Waals surface area (Å²) in [7, 11) is 0. The number of ether oxygens (including phenoxy) is 1. The van der Waals surface area contributed by atoms with Gasteiger partial charge in [-0.1, -0.05) is 18.6 Å². The third-order valence-electron chi connectivity index (χ3n) is 3.87. The highest BCUT2D eigenvalue weighted by Crippen LogP contribution is 2.31. The quantitative estimate of drug-likeness (QED) is 0.876. The van der Waals surface area contributed by atoms with Gasteiger partial charge in [-0.25, -0.2) is 0 Å². The summed E-state index contributed by atoms with van der Waals surface area (Å²) in [4.78, 5) is 0. The SMILES string of the molecule is Cc1ccc(OC2CCC(C)CC2)c([C@H](C)O)c1. The molecule has 2 nitrogen and oxygen atoms in total. The summed E-state index contributed by atoms with van der Waals surface area (Å²) in [6.45, 7) is 6.14. The van der Waals surface area contributed by atoms with Gasteiger partial charge in [0.1, 0.15) is 5.75 Å². The Balaban J connectivity index is 2.09. The van der Waals surface area contributed by atoms with E-state index in [9.17, 15) is 5.11 Å². The molecule has 0 bridgehead atoms. The maximum absolute atomic E-state index is 9.82. The first-order chi connectivity index (χ1) is 8.56. The van der Waals surface area contributed by atoms with Crippen molar-refractivity contribution in [2.45, 2.75) is 58.7 Å². The topological polar surface area (TPSA) is 29.5 Å². The van der Waals surface area contributed by atoms with Crippen LogP contribution in [0, 0.1) is 12.8 Å². The van der Waals surface area contributed by atoms with Gasteiger partial charge < -0.3 is 9.84 Å². The lowest BCUT2D eigenvalue weighted by molar-refractivity contribution is 0.126. The van der Waals surface area contributed by atoms with Crippen molar-refractivity contribution in [3.8, 4) is 5.75 Å². The fourth-order valence-electron chi connectivity index (χ4n) is 2.63. The number of aliphatic hydroxyl groups excluding tert-OH is 1. The molecule has 0 saturated heterocycles. The summed E-state index contributed by atoms with van der Waals surface area (Å²) < 4.78 is 6.09. The second-order valence-corrected chi connectivity index (χ2v) is 5.72. The lowest BCUT2D eigenvalue weighted by Gasteiger charge is -2.28. The van der Waals surface area contributed by atoms with Gasteiger partial charge in [-0.3, -0.25) is 0 Å². The van der Waals surface area contributed by atoms with Crippen LogP contribution >= 0.6 is 0 Å². The van der Waals surface area contributed by atoms with Crippen molar-refractivity contribution in [3.63, 3.8) is 0 Å². The highest BCUT2D eigenvalue weighted by Gasteiger charge is 2.21. The summed E-state index contributed by atoms with van der Waals surface area (Å²) in [6, 6.07) is 6.06. The van der Waals surface area contributed by atoms with Crippen LogP contribution in [0.25, 0.3) is 0 Å². The molecule has 0 amide bonds. The highest BCUT2D eigenvalue weighted by molar-refractivity contribution is 5.38. The summed E-state index contributed by atoms with van der Waals surface area (Å²) in [5, 5.41) is 9.82. The molecule has 0 radical (unpaired) electrons. The first-order valence-corrected chi connectivity index (χ1v) is 7.01. The van der Waals surface area contributed by atoms with Crippen LogP contribution in [0.4, 0.5) is 0 Å². The van der Waals surface area contributed by atoms with Crippen molar-refractivity contribution in [1.82, 2.24) is 0 Å². The second-order valence-electron chi connectivity index (χ2n) is 5.72. The minimum atomic E-state index is -0.470.